The first-order chi connectivity index (χ1) is 13.4. The highest BCUT2D eigenvalue weighted by Crippen LogP contribution is 2.42. The van der Waals surface area contributed by atoms with E-state index in [0.717, 1.165) is 47.1 Å². The Morgan fingerprint density at radius 3 is 2.68 bits per heavy atom. The molecule has 5 rings (SSSR count). The van der Waals surface area contributed by atoms with Crippen LogP contribution in [0.15, 0.2) is 29.2 Å². The summed E-state index contributed by atoms with van der Waals surface area (Å²) in [6.07, 6.45) is 5.18. The number of aromatic carboxylic acids is 1. The van der Waals surface area contributed by atoms with Crippen LogP contribution >= 0.6 is 11.3 Å². The van der Waals surface area contributed by atoms with Crippen LogP contribution in [-0.2, 0) is 6.42 Å². The molecule has 2 aliphatic rings. The molecule has 2 N–H and O–H groups in total. The molecular weight excluding hydrogens is 381 g/mol. The number of fused-ring (bicyclic) bond motifs is 2. The summed E-state index contributed by atoms with van der Waals surface area (Å²) in [5, 5.41) is 19.7. The normalized spacial score (nSPS) is 19.0. The maximum absolute atomic E-state index is 15.0. The van der Waals surface area contributed by atoms with E-state index in [1.807, 2.05) is 6.07 Å². The number of rotatable bonds is 3. The van der Waals surface area contributed by atoms with Gasteiger partial charge in [0.15, 0.2) is 0 Å². The minimum atomic E-state index is -1.30. The van der Waals surface area contributed by atoms with Gasteiger partial charge in [-0.2, -0.15) is 0 Å². The number of aromatic nitrogens is 1. The largest absolute Gasteiger partial charge is 0.477 e. The van der Waals surface area contributed by atoms with Gasteiger partial charge >= 0.3 is 5.97 Å². The summed E-state index contributed by atoms with van der Waals surface area (Å²) < 4.78 is 16.8. The summed E-state index contributed by atoms with van der Waals surface area (Å²) >= 11 is 1.39. The molecule has 1 unspecified atom stereocenters. The Bertz CT molecular complexity index is 1190. The number of hydrogen-bond donors (Lipinski definition) is 2. The van der Waals surface area contributed by atoms with E-state index in [2.05, 4.69) is 0 Å². The van der Waals surface area contributed by atoms with E-state index >= 15 is 0 Å². The van der Waals surface area contributed by atoms with Gasteiger partial charge in [0.1, 0.15) is 11.4 Å². The van der Waals surface area contributed by atoms with Crippen molar-refractivity contribution >= 4 is 28.2 Å². The number of nitrogens with zero attached hydrogens (tertiary/aromatic N) is 1. The second kappa shape index (κ2) is 6.25. The fraction of sp³-hybridized carbons (Fsp3) is 0.333. The monoisotopic (exact) mass is 399 g/mol. The standard InChI is InChI=1S/C21H18FNO4S/c22-15-7-13-16(23(11-4-5-11)9-14(19(13)25)21(26)27)8-12(15)18-6-10-2-1-3-17(24)20(10)28-18/h6-9,11,17,24H,1-5H2,(H,26,27). The summed E-state index contributed by atoms with van der Waals surface area (Å²) in [6.45, 7) is 0. The lowest BCUT2D eigenvalue weighted by atomic mass is 9.96. The molecule has 0 aliphatic heterocycles. The molecular formula is C21H18FNO4S. The second-order valence-electron chi connectivity index (χ2n) is 7.57. The Kier molecular flexibility index (Phi) is 3.93. The third-order valence-corrected chi connectivity index (χ3v) is 6.94. The van der Waals surface area contributed by atoms with Gasteiger partial charge in [-0.25, -0.2) is 9.18 Å². The summed E-state index contributed by atoms with van der Waals surface area (Å²) in [6, 6.07) is 4.88. The molecule has 3 aromatic rings. The van der Waals surface area contributed by atoms with Crippen molar-refractivity contribution in [1.29, 1.82) is 0 Å². The Labute approximate surface area is 163 Å². The minimum Gasteiger partial charge on any atom is -0.477 e. The van der Waals surface area contributed by atoms with E-state index in [-0.39, 0.29) is 17.0 Å². The lowest BCUT2D eigenvalue weighted by Crippen LogP contribution is -2.19. The van der Waals surface area contributed by atoms with Crippen LogP contribution in [0.3, 0.4) is 0 Å². The average Bonchev–Trinajstić information content (AvgIpc) is 3.40. The zero-order valence-electron chi connectivity index (χ0n) is 14.9. The van der Waals surface area contributed by atoms with Gasteiger partial charge in [0.25, 0.3) is 0 Å². The fourth-order valence-corrected chi connectivity index (χ4v) is 5.29. The van der Waals surface area contributed by atoms with Crippen LogP contribution in [0, 0.1) is 5.82 Å². The number of carboxylic acid groups (broad SMARTS) is 1. The zero-order chi connectivity index (χ0) is 19.6. The van der Waals surface area contributed by atoms with Gasteiger partial charge in [0, 0.05) is 32.9 Å². The van der Waals surface area contributed by atoms with Crippen molar-refractivity contribution in [1.82, 2.24) is 4.57 Å². The lowest BCUT2D eigenvalue weighted by molar-refractivity contribution is 0.0695. The number of carboxylic acids is 1. The highest BCUT2D eigenvalue weighted by atomic mass is 32.1. The molecule has 2 aliphatic carbocycles. The SMILES string of the molecule is O=C(O)c1cn(C2CC2)c2cc(-c3cc4c(s3)C(O)CCC4)c(F)cc2c1=O. The van der Waals surface area contributed by atoms with E-state index in [4.69, 9.17) is 0 Å². The van der Waals surface area contributed by atoms with E-state index in [1.54, 1.807) is 10.6 Å². The zero-order valence-corrected chi connectivity index (χ0v) is 15.8. The number of halogens is 1. The number of pyridine rings is 1. The highest BCUT2D eigenvalue weighted by Gasteiger charge is 2.28. The summed E-state index contributed by atoms with van der Waals surface area (Å²) in [5.41, 5.74) is 1.00. The molecule has 0 saturated heterocycles. The molecule has 0 bridgehead atoms. The van der Waals surface area contributed by atoms with Gasteiger partial charge < -0.3 is 14.8 Å². The Balaban J connectivity index is 1.75. The van der Waals surface area contributed by atoms with E-state index in [9.17, 15) is 24.2 Å². The number of thiophene rings is 1. The summed E-state index contributed by atoms with van der Waals surface area (Å²) in [5.74, 6) is -1.85. The quantitative estimate of drug-likeness (QED) is 0.689. The van der Waals surface area contributed by atoms with Gasteiger partial charge in [-0.15, -0.1) is 11.3 Å². The number of benzene rings is 1. The Hall–Kier alpha value is -2.51. The van der Waals surface area contributed by atoms with Gasteiger partial charge in [-0.05, 0) is 55.9 Å². The molecule has 1 aromatic carbocycles. The maximum atomic E-state index is 15.0. The van der Waals surface area contributed by atoms with Gasteiger partial charge in [0.2, 0.25) is 5.43 Å². The fourth-order valence-electron chi connectivity index (χ4n) is 4.04. The van der Waals surface area contributed by atoms with Crippen LogP contribution in [0.25, 0.3) is 21.3 Å². The van der Waals surface area contributed by atoms with Crippen LogP contribution in [0.1, 0.15) is 58.6 Å². The van der Waals surface area contributed by atoms with Crippen LogP contribution in [-0.4, -0.2) is 20.7 Å². The van der Waals surface area contributed by atoms with Crippen molar-refractivity contribution in [3.05, 3.63) is 56.4 Å². The van der Waals surface area contributed by atoms with Gasteiger partial charge in [-0.3, -0.25) is 4.79 Å². The third kappa shape index (κ3) is 2.69. The molecule has 0 amide bonds. The average molecular weight is 399 g/mol. The first kappa shape index (κ1) is 17.6. The molecule has 0 spiro atoms. The first-order valence-electron chi connectivity index (χ1n) is 9.36. The minimum absolute atomic E-state index is 0.0920. The molecule has 28 heavy (non-hydrogen) atoms. The van der Waals surface area contributed by atoms with E-state index in [1.165, 1.54) is 17.5 Å². The van der Waals surface area contributed by atoms with Crippen molar-refractivity contribution in [3.8, 4) is 10.4 Å². The third-order valence-electron chi connectivity index (χ3n) is 5.63. The molecule has 5 nitrogen and oxygen atoms in total. The summed E-state index contributed by atoms with van der Waals surface area (Å²) in [7, 11) is 0. The van der Waals surface area contributed by atoms with Crippen molar-refractivity contribution < 1.29 is 19.4 Å². The van der Waals surface area contributed by atoms with Crippen LogP contribution in [0.5, 0.6) is 0 Å². The molecule has 2 aromatic heterocycles. The first-order valence-corrected chi connectivity index (χ1v) is 10.2. The molecule has 0 radical (unpaired) electrons. The second-order valence-corrected chi connectivity index (χ2v) is 8.66. The number of hydrogen-bond acceptors (Lipinski definition) is 4. The van der Waals surface area contributed by atoms with Crippen molar-refractivity contribution in [2.75, 3.05) is 0 Å². The Morgan fingerprint density at radius 2 is 2.00 bits per heavy atom. The van der Waals surface area contributed by atoms with Gasteiger partial charge in [0.05, 0.1) is 11.6 Å². The topological polar surface area (TPSA) is 79.5 Å². The molecule has 1 atom stereocenters. The number of aliphatic hydroxyl groups excluding tert-OH is 1. The molecule has 1 saturated carbocycles. The predicted octanol–water partition coefficient (Wildman–Crippen LogP) is 4.27. The number of aryl methyl sites for hydroxylation is 1. The van der Waals surface area contributed by atoms with Crippen LogP contribution in [0.2, 0.25) is 0 Å². The van der Waals surface area contributed by atoms with Crippen LogP contribution in [0.4, 0.5) is 4.39 Å². The Morgan fingerprint density at radius 1 is 1.21 bits per heavy atom. The van der Waals surface area contributed by atoms with Crippen molar-refractivity contribution in [3.63, 3.8) is 0 Å². The van der Waals surface area contributed by atoms with Crippen molar-refractivity contribution in [2.24, 2.45) is 0 Å². The van der Waals surface area contributed by atoms with Crippen molar-refractivity contribution in [2.45, 2.75) is 44.2 Å². The smallest absolute Gasteiger partial charge is 0.341 e. The maximum Gasteiger partial charge on any atom is 0.341 e. The highest BCUT2D eigenvalue weighted by molar-refractivity contribution is 7.15. The number of carbonyl (C=O) groups is 1. The molecule has 2 heterocycles. The molecule has 1 fully saturated rings. The predicted molar refractivity (Wildman–Crippen MR) is 105 cm³/mol. The van der Waals surface area contributed by atoms with Gasteiger partial charge in [-0.1, -0.05) is 0 Å². The summed E-state index contributed by atoms with van der Waals surface area (Å²) in [4.78, 5) is 25.6. The van der Waals surface area contributed by atoms with Crippen LogP contribution < -0.4 is 5.43 Å². The molecule has 144 valence electrons. The van der Waals surface area contributed by atoms with E-state index < -0.39 is 23.3 Å². The molecule has 7 heteroatoms. The lowest BCUT2D eigenvalue weighted by Gasteiger charge is -2.16. The number of aliphatic hydroxyl groups is 1. The van der Waals surface area contributed by atoms with E-state index in [0.29, 0.717) is 17.5 Å².